The van der Waals surface area contributed by atoms with E-state index in [1.54, 1.807) is 44.6 Å². The fourth-order valence-electron chi connectivity index (χ4n) is 3.22. The van der Waals surface area contributed by atoms with Gasteiger partial charge in [-0.25, -0.2) is 0 Å². The maximum Gasteiger partial charge on any atom is 0.247 e. The van der Waals surface area contributed by atoms with Crippen LogP contribution in [0.25, 0.3) is 0 Å². The van der Waals surface area contributed by atoms with E-state index in [0.29, 0.717) is 29.2 Å². The first-order valence-corrected chi connectivity index (χ1v) is 9.20. The van der Waals surface area contributed by atoms with Gasteiger partial charge in [0.2, 0.25) is 11.8 Å². The van der Waals surface area contributed by atoms with E-state index in [1.165, 1.54) is 0 Å². The Bertz CT molecular complexity index is 838. The van der Waals surface area contributed by atoms with E-state index in [-0.39, 0.29) is 18.6 Å². The summed E-state index contributed by atoms with van der Waals surface area (Å²) in [6.45, 7) is -0.433. The molecule has 8 heteroatoms. The van der Waals surface area contributed by atoms with Crippen LogP contribution in [0.4, 0.5) is 0 Å². The third-order valence-electron chi connectivity index (χ3n) is 4.66. The number of hydrogen-bond acceptors (Lipinski definition) is 6. The Balaban J connectivity index is 1.65. The maximum atomic E-state index is 12.7. The van der Waals surface area contributed by atoms with E-state index in [1.807, 2.05) is 12.1 Å². The second kappa shape index (κ2) is 9.29. The van der Waals surface area contributed by atoms with Gasteiger partial charge >= 0.3 is 0 Å². The smallest absolute Gasteiger partial charge is 0.247 e. The molecule has 0 aromatic heterocycles. The van der Waals surface area contributed by atoms with Crippen LogP contribution in [0.3, 0.4) is 0 Å². The zero-order valence-corrected chi connectivity index (χ0v) is 16.3. The second-order valence-electron chi connectivity index (χ2n) is 6.57. The summed E-state index contributed by atoms with van der Waals surface area (Å²) in [4.78, 5) is 24.4. The van der Waals surface area contributed by atoms with Crippen LogP contribution in [0.2, 0.25) is 0 Å². The SMILES string of the molecule is COc1cc2c(cc1OC)O[C@@H](CNC(=O)C(NC(=O)CO)c1ccccc1)C2. The lowest BCUT2D eigenvalue weighted by Gasteiger charge is -2.20. The van der Waals surface area contributed by atoms with E-state index in [2.05, 4.69) is 10.6 Å². The van der Waals surface area contributed by atoms with Crippen LogP contribution in [0.1, 0.15) is 17.2 Å². The highest BCUT2D eigenvalue weighted by molar-refractivity contribution is 5.89. The molecular weight excluding hydrogens is 376 g/mol. The van der Waals surface area contributed by atoms with Gasteiger partial charge in [-0.2, -0.15) is 0 Å². The predicted octanol–water partition coefficient (Wildman–Crippen LogP) is 0.973. The summed E-state index contributed by atoms with van der Waals surface area (Å²) < 4.78 is 16.5. The van der Waals surface area contributed by atoms with Gasteiger partial charge in [0.05, 0.1) is 20.8 Å². The zero-order valence-electron chi connectivity index (χ0n) is 16.3. The van der Waals surface area contributed by atoms with Crippen molar-refractivity contribution < 1.29 is 28.9 Å². The van der Waals surface area contributed by atoms with E-state index in [4.69, 9.17) is 19.3 Å². The third-order valence-corrected chi connectivity index (χ3v) is 4.66. The second-order valence-corrected chi connectivity index (χ2v) is 6.57. The fourth-order valence-corrected chi connectivity index (χ4v) is 3.22. The van der Waals surface area contributed by atoms with E-state index in [0.717, 1.165) is 5.56 Å². The summed E-state index contributed by atoms with van der Waals surface area (Å²) in [5, 5.41) is 14.4. The van der Waals surface area contributed by atoms with Gasteiger partial charge in [-0.15, -0.1) is 0 Å². The Morgan fingerprint density at radius 1 is 1.17 bits per heavy atom. The molecule has 0 saturated carbocycles. The molecule has 0 aliphatic carbocycles. The largest absolute Gasteiger partial charge is 0.493 e. The highest BCUT2D eigenvalue weighted by Gasteiger charge is 2.28. The van der Waals surface area contributed by atoms with Crippen molar-refractivity contribution in [2.24, 2.45) is 0 Å². The number of carbonyl (C=O) groups is 2. The van der Waals surface area contributed by atoms with Crippen molar-refractivity contribution >= 4 is 11.8 Å². The number of ether oxygens (including phenoxy) is 3. The van der Waals surface area contributed by atoms with Gasteiger partial charge in [-0.05, 0) is 11.6 Å². The van der Waals surface area contributed by atoms with Crippen LogP contribution < -0.4 is 24.8 Å². The van der Waals surface area contributed by atoms with Gasteiger partial charge in [0.15, 0.2) is 11.5 Å². The summed E-state index contributed by atoms with van der Waals surface area (Å²) in [5.74, 6) is 0.878. The van der Waals surface area contributed by atoms with Gasteiger partial charge in [0, 0.05) is 18.1 Å². The van der Waals surface area contributed by atoms with Crippen molar-refractivity contribution in [1.29, 1.82) is 0 Å². The standard InChI is InChI=1S/C21H24N2O6/c1-27-17-9-14-8-15(29-16(14)10-18(17)28-2)11-22-21(26)20(23-19(25)12-24)13-6-4-3-5-7-13/h3-7,9-10,15,20,24H,8,11-12H2,1-2H3,(H,22,26)(H,23,25)/t15-,20?/m1/s1. The van der Waals surface area contributed by atoms with Gasteiger partial charge < -0.3 is 30.0 Å². The monoisotopic (exact) mass is 400 g/mol. The molecule has 2 aromatic carbocycles. The number of fused-ring (bicyclic) bond motifs is 1. The van der Waals surface area contributed by atoms with Crippen molar-refractivity contribution in [2.75, 3.05) is 27.4 Å². The summed E-state index contributed by atoms with van der Waals surface area (Å²) in [7, 11) is 3.13. The molecule has 29 heavy (non-hydrogen) atoms. The minimum Gasteiger partial charge on any atom is -0.493 e. The Labute approximate surface area is 168 Å². The minimum absolute atomic E-state index is 0.254. The molecule has 2 amide bonds. The Morgan fingerprint density at radius 2 is 1.86 bits per heavy atom. The van der Waals surface area contributed by atoms with E-state index in [9.17, 15) is 9.59 Å². The molecule has 0 spiro atoms. The summed E-state index contributed by atoms with van der Waals surface area (Å²) in [6, 6.07) is 11.6. The number of nitrogens with one attached hydrogen (secondary N) is 2. The molecule has 0 radical (unpaired) electrons. The normalized spacial score (nSPS) is 15.6. The zero-order chi connectivity index (χ0) is 20.8. The average molecular weight is 400 g/mol. The molecule has 1 unspecified atom stereocenters. The van der Waals surface area contributed by atoms with Crippen LogP contribution in [0.15, 0.2) is 42.5 Å². The molecule has 1 aliphatic rings. The lowest BCUT2D eigenvalue weighted by molar-refractivity contribution is -0.130. The number of carbonyl (C=O) groups excluding carboxylic acids is 2. The van der Waals surface area contributed by atoms with Gasteiger partial charge in [0.1, 0.15) is 24.5 Å². The number of aliphatic hydroxyl groups excluding tert-OH is 1. The van der Waals surface area contributed by atoms with Crippen molar-refractivity contribution in [1.82, 2.24) is 10.6 Å². The van der Waals surface area contributed by atoms with E-state index >= 15 is 0 Å². The first-order valence-electron chi connectivity index (χ1n) is 9.20. The first-order chi connectivity index (χ1) is 14.0. The average Bonchev–Trinajstić information content (AvgIpc) is 3.16. The van der Waals surface area contributed by atoms with Gasteiger partial charge in [-0.1, -0.05) is 30.3 Å². The Kier molecular flexibility index (Phi) is 6.56. The molecule has 1 heterocycles. The molecule has 2 atom stereocenters. The molecule has 3 N–H and O–H groups in total. The molecule has 8 nitrogen and oxygen atoms in total. The van der Waals surface area contributed by atoms with Crippen LogP contribution >= 0.6 is 0 Å². The number of hydrogen-bond donors (Lipinski definition) is 3. The summed E-state index contributed by atoms with van der Waals surface area (Å²) in [6.07, 6.45) is 0.352. The third kappa shape index (κ3) is 4.78. The van der Waals surface area contributed by atoms with Crippen LogP contribution in [0, 0.1) is 0 Å². The van der Waals surface area contributed by atoms with Gasteiger partial charge in [-0.3, -0.25) is 9.59 Å². The summed E-state index contributed by atoms with van der Waals surface area (Å²) in [5.41, 5.74) is 1.59. The fraction of sp³-hybridized carbons (Fsp3) is 0.333. The van der Waals surface area contributed by atoms with Crippen molar-refractivity contribution in [3.63, 3.8) is 0 Å². The molecule has 0 saturated heterocycles. The van der Waals surface area contributed by atoms with Crippen molar-refractivity contribution in [3.05, 3.63) is 53.6 Å². The van der Waals surface area contributed by atoms with Crippen LogP contribution in [-0.2, 0) is 16.0 Å². The van der Waals surface area contributed by atoms with Crippen LogP contribution in [0.5, 0.6) is 17.2 Å². The van der Waals surface area contributed by atoms with Crippen molar-refractivity contribution in [2.45, 2.75) is 18.6 Å². The van der Waals surface area contributed by atoms with Crippen molar-refractivity contribution in [3.8, 4) is 17.2 Å². The molecule has 2 aromatic rings. The molecule has 154 valence electrons. The molecule has 0 bridgehead atoms. The van der Waals surface area contributed by atoms with E-state index < -0.39 is 18.6 Å². The number of aliphatic hydroxyl groups is 1. The molecule has 3 rings (SSSR count). The number of benzene rings is 2. The Morgan fingerprint density at radius 3 is 2.52 bits per heavy atom. The van der Waals surface area contributed by atoms with Gasteiger partial charge in [0.25, 0.3) is 0 Å². The maximum absolute atomic E-state index is 12.7. The quantitative estimate of drug-likeness (QED) is 0.610. The molecule has 1 aliphatic heterocycles. The first kappa shape index (κ1) is 20.5. The predicted molar refractivity (Wildman–Crippen MR) is 105 cm³/mol. The summed E-state index contributed by atoms with van der Waals surface area (Å²) >= 11 is 0. The minimum atomic E-state index is -0.903. The topological polar surface area (TPSA) is 106 Å². The lowest BCUT2D eigenvalue weighted by atomic mass is 10.1. The number of methoxy groups -OCH3 is 2. The molecule has 0 fully saturated rings. The number of rotatable bonds is 8. The van der Waals surface area contributed by atoms with Crippen LogP contribution in [-0.4, -0.2) is 50.4 Å². The number of amides is 2. The Hall–Kier alpha value is -3.26. The molecular formula is C21H24N2O6. The highest BCUT2D eigenvalue weighted by Crippen LogP contribution is 2.38. The lowest BCUT2D eigenvalue weighted by Crippen LogP contribution is -2.44. The highest BCUT2D eigenvalue weighted by atomic mass is 16.5.